The molecule has 2 rings (SSSR count). The highest BCUT2D eigenvalue weighted by Crippen LogP contribution is 2.23. The zero-order valence-corrected chi connectivity index (χ0v) is 8.37. The number of alkyl carbamates (subject to hydrolysis) is 1. The molecule has 1 saturated heterocycles. The average Bonchev–Trinajstić information content (AvgIpc) is 2.65. The number of cyclic esters (lactones) is 1. The van der Waals surface area contributed by atoms with Crippen LogP contribution in [0.15, 0.2) is 24.3 Å². The van der Waals surface area contributed by atoms with Crippen LogP contribution < -0.4 is 5.32 Å². The molecule has 0 radical (unpaired) electrons. The van der Waals surface area contributed by atoms with Crippen LogP contribution in [0, 0.1) is 5.82 Å². The summed E-state index contributed by atoms with van der Waals surface area (Å²) >= 11 is 0. The molecule has 1 aromatic rings. The van der Waals surface area contributed by atoms with Gasteiger partial charge in [0.15, 0.2) is 0 Å². The summed E-state index contributed by atoms with van der Waals surface area (Å²) in [5, 5.41) is 2.60. The van der Waals surface area contributed by atoms with Crippen LogP contribution in [0.1, 0.15) is 18.4 Å². The molecule has 80 valence electrons. The molecule has 1 amide bonds. The van der Waals surface area contributed by atoms with Crippen molar-refractivity contribution in [2.24, 2.45) is 0 Å². The first kappa shape index (κ1) is 9.96. The number of amides is 1. The predicted molar refractivity (Wildman–Crippen MR) is 53.1 cm³/mol. The molecule has 2 atom stereocenters. The van der Waals surface area contributed by atoms with E-state index < -0.39 is 0 Å². The number of carbonyl (C=O) groups excluding carboxylic acids is 1. The van der Waals surface area contributed by atoms with Crippen LogP contribution in [0.2, 0.25) is 0 Å². The Morgan fingerprint density at radius 2 is 2.13 bits per heavy atom. The van der Waals surface area contributed by atoms with Crippen LogP contribution in [-0.2, 0) is 4.74 Å². The third-order valence-corrected chi connectivity index (χ3v) is 2.66. The van der Waals surface area contributed by atoms with E-state index in [-0.39, 0.29) is 23.9 Å². The molecule has 1 aliphatic heterocycles. The van der Waals surface area contributed by atoms with E-state index in [1.807, 2.05) is 6.92 Å². The Kier molecular flexibility index (Phi) is 2.58. The molecule has 1 aromatic carbocycles. The molecule has 1 heterocycles. The van der Waals surface area contributed by atoms with Crippen molar-refractivity contribution in [1.82, 2.24) is 5.32 Å². The molecular weight excluding hydrogens is 197 g/mol. The van der Waals surface area contributed by atoms with Gasteiger partial charge in [0.05, 0.1) is 6.54 Å². The predicted octanol–water partition coefficient (Wildman–Crippen LogP) is 2.04. The summed E-state index contributed by atoms with van der Waals surface area (Å²) in [4.78, 5) is 10.9. The van der Waals surface area contributed by atoms with Gasteiger partial charge in [-0.1, -0.05) is 19.1 Å². The lowest BCUT2D eigenvalue weighted by Gasteiger charge is -2.17. The molecule has 1 N–H and O–H groups in total. The maximum absolute atomic E-state index is 12.7. The molecule has 3 nitrogen and oxygen atoms in total. The third-order valence-electron chi connectivity index (χ3n) is 2.66. The van der Waals surface area contributed by atoms with E-state index in [4.69, 9.17) is 4.74 Å². The van der Waals surface area contributed by atoms with Crippen LogP contribution in [0.4, 0.5) is 9.18 Å². The highest BCUT2D eigenvalue weighted by molar-refractivity contribution is 5.69. The van der Waals surface area contributed by atoms with Gasteiger partial charge in [-0.3, -0.25) is 0 Å². The molecule has 0 spiro atoms. The maximum atomic E-state index is 12.7. The van der Waals surface area contributed by atoms with Crippen LogP contribution in [0.3, 0.4) is 0 Å². The number of ether oxygens (including phenoxy) is 1. The smallest absolute Gasteiger partial charge is 0.407 e. The van der Waals surface area contributed by atoms with Crippen molar-refractivity contribution in [3.63, 3.8) is 0 Å². The Morgan fingerprint density at radius 3 is 2.67 bits per heavy atom. The monoisotopic (exact) mass is 209 g/mol. The third kappa shape index (κ3) is 2.09. The fourth-order valence-electron chi connectivity index (χ4n) is 1.66. The lowest BCUT2D eigenvalue weighted by Crippen LogP contribution is -2.20. The second-order valence-electron chi connectivity index (χ2n) is 3.66. The fraction of sp³-hybridized carbons (Fsp3) is 0.364. The van der Waals surface area contributed by atoms with E-state index >= 15 is 0 Å². The number of halogens is 1. The summed E-state index contributed by atoms with van der Waals surface area (Å²) in [5.74, 6) is -0.183. The van der Waals surface area contributed by atoms with Gasteiger partial charge in [0.25, 0.3) is 0 Å². The summed E-state index contributed by atoms with van der Waals surface area (Å²) in [6.45, 7) is 2.47. The van der Waals surface area contributed by atoms with Crippen molar-refractivity contribution in [3.8, 4) is 0 Å². The first-order valence-corrected chi connectivity index (χ1v) is 4.87. The minimum Gasteiger partial charge on any atom is -0.444 e. The SMILES string of the molecule is CC(c1ccc(F)cc1)C1CNC(=O)O1. The van der Waals surface area contributed by atoms with Crippen LogP contribution in [0.25, 0.3) is 0 Å². The lowest BCUT2D eigenvalue weighted by atomic mass is 9.95. The molecule has 0 saturated carbocycles. The number of hydrogen-bond acceptors (Lipinski definition) is 2. The zero-order valence-electron chi connectivity index (χ0n) is 8.37. The standard InChI is InChI=1S/C11H12FNO2/c1-7(10-6-13-11(14)15-10)8-2-4-9(12)5-3-8/h2-5,7,10H,6H2,1H3,(H,13,14). The second kappa shape index (κ2) is 3.88. The van der Waals surface area contributed by atoms with E-state index in [1.165, 1.54) is 12.1 Å². The normalized spacial score (nSPS) is 22.0. The van der Waals surface area contributed by atoms with Gasteiger partial charge in [0.2, 0.25) is 0 Å². The molecule has 2 unspecified atom stereocenters. The highest BCUT2D eigenvalue weighted by atomic mass is 19.1. The quantitative estimate of drug-likeness (QED) is 0.809. The van der Waals surface area contributed by atoms with Crippen molar-refractivity contribution >= 4 is 6.09 Å². The van der Waals surface area contributed by atoms with Gasteiger partial charge in [-0.25, -0.2) is 9.18 Å². The number of benzene rings is 1. The van der Waals surface area contributed by atoms with Crippen molar-refractivity contribution in [3.05, 3.63) is 35.6 Å². The van der Waals surface area contributed by atoms with Crippen molar-refractivity contribution < 1.29 is 13.9 Å². The van der Waals surface area contributed by atoms with Crippen LogP contribution in [-0.4, -0.2) is 18.7 Å². The lowest BCUT2D eigenvalue weighted by molar-refractivity contribution is 0.128. The maximum Gasteiger partial charge on any atom is 0.407 e. The van der Waals surface area contributed by atoms with E-state index in [9.17, 15) is 9.18 Å². The summed E-state index contributed by atoms with van der Waals surface area (Å²) in [7, 11) is 0. The Bertz CT molecular complexity index is 363. The van der Waals surface area contributed by atoms with Crippen molar-refractivity contribution in [1.29, 1.82) is 0 Å². The topological polar surface area (TPSA) is 38.3 Å². The number of rotatable bonds is 2. The van der Waals surface area contributed by atoms with E-state index in [1.54, 1.807) is 12.1 Å². The largest absolute Gasteiger partial charge is 0.444 e. The average molecular weight is 209 g/mol. The molecule has 0 aromatic heterocycles. The molecular formula is C11H12FNO2. The summed E-state index contributed by atoms with van der Waals surface area (Å²) in [5.41, 5.74) is 0.970. The number of carbonyl (C=O) groups is 1. The number of nitrogens with one attached hydrogen (secondary N) is 1. The molecule has 15 heavy (non-hydrogen) atoms. The van der Waals surface area contributed by atoms with Gasteiger partial charge < -0.3 is 10.1 Å². The minimum atomic E-state index is -0.381. The zero-order chi connectivity index (χ0) is 10.8. The number of hydrogen-bond donors (Lipinski definition) is 1. The Labute approximate surface area is 87.2 Å². The summed E-state index contributed by atoms with van der Waals surface area (Å²) in [6, 6.07) is 6.25. The first-order valence-electron chi connectivity index (χ1n) is 4.87. The molecule has 0 bridgehead atoms. The summed E-state index contributed by atoms with van der Waals surface area (Å²) in [6.07, 6.45) is -0.545. The Morgan fingerprint density at radius 1 is 1.47 bits per heavy atom. The molecule has 1 aliphatic rings. The van der Waals surface area contributed by atoms with Crippen molar-refractivity contribution in [2.75, 3.05) is 6.54 Å². The Balaban J connectivity index is 2.10. The van der Waals surface area contributed by atoms with Crippen molar-refractivity contribution in [2.45, 2.75) is 18.9 Å². The molecule has 4 heteroatoms. The highest BCUT2D eigenvalue weighted by Gasteiger charge is 2.28. The van der Waals surface area contributed by atoms with E-state index in [0.717, 1.165) is 5.56 Å². The van der Waals surface area contributed by atoms with Gasteiger partial charge in [-0.15, -0.1) is 0 Å². The van der Waals surface area contributed by atoms with Gasteiger partial charge in [0.1, 0.15) is 11.9 Å². The van der Waals surface area contributed by atoms with Gasteiger partial charge in [0, 0.05) is 5.92 Å². The molecule has 0 aliphatic carbocycles. The van der Waals surface area contributed by atoms with Crippen LogP contribution >= 0.6 is 0 Å². The summed E-state index contributed by atoms with van der Waals surface area (Å²) < 4.78 is 17.8. The minimum absolute atomic E-state index is 0.0737. The molecule has 1 fully saturated rings. The second-order valence-corrected chi connectivity index (χ2v) is 3.66. The van der Waals surface area contributed by atoms with E-state index in [0.29, 0.717) is 6.54 Å². The van der Waals surface area contributed by atoms with Gasteiger partial charge in [-0.2, -0.15) is 0 Å². The first-order chi connectivity index (χ1) is 7.16. The van der Waals surface area contributed by atoms with Crippen LogP contribution in [0.5, 0.6) is 0 Å². The van der Waals surface area contributed by atoms with Gasteiger partial charge >= 0.3 is 6.09 Å². The Hall–Kier alpha value is -1.58. The fourth-order valence-corrected chi connectivity index (χ4v) is 1.66. The van der Waals surface area contributed by atoms with Gasteiger partial charge in [-0.05, 0) is 17.7 Å². The van der Waals surface area contributed by atoms with E-state index in [2.05, 4.69) is 5.32 Å².